The van der Waals surface area contributed by atoms with E-state index < -0.39 is 0 Å². The quantitative estimate of drug-likeness (QED) is 0.417. The molecule has 0 unspecified atom stereocenters. The van der Waals surface area contributed by atoms with Gasteiger partial charge in [0.05, 0.1) is 5.70 Å². The molecule has 0 aliphatic rings. The number of nitrogens with zero attached hydrogens (tertiary/aromatic N) is 1. The topological polar surface area (TPSA) is 12.4 Å². The van der Waals surface area contributed by atoms with Crippen LogP contribution < -0.4 is 0 Å². The molecule has 0 aliphatic carbocycles. The van der Waals surface area contributed by atoms with Gasteiger partial charge in [-0.05, 0) is 19.9 Å². The Morgan fingerprint density at radius 3 is 2.50 bits per heavy atom. The van der Waals surface area contributed by atoms with Crippen LogP contribution in [0.1, 0.15) is 13.8 Å². The zero-order valence-electron chi connectivity index (χ0n) is 6.54. The first-order valence-electron chi connectivity index (χ1n) is 3.29. The molecule has 0 N–H and O–H groups in total. The highest BCUT2D eigenvalue weighted by molar-refractivity contribution is 5.56. The summed E-state index contributed by atoms with van der Waals surface area (Å²) in [7, 11) is 0. The van der Waals surface area contributed by atoms with Crippen LogP contribution in [0.3, 0.4) is 0 Å². The smallest absolute Gasteiger partial charge is 0.0582 e. The lowest BCUT2D eigenvalue weighted by atomic mass is 10.3. The Morgan fingerprint density at radius 1 is 1.40 bits per heavy atom. The molecule has 0 spiro atoms. The molecule has 0 rings (SSSR count). The SMILES string of the molecule is C=C\C=C/C(=C\C)/N=C/C. The summed E-state index contributed by atoms with van der Waals surface area (Å²) in [5.74, 6) is 0. The van der Waals surface area contributed by atoms with Gasteiger partial charge in [-0.3, -0.25) is 4.99 Å². The van der Waals surface area contributed by atoms with E-state index in [9.17, 15) is 0 Å². The van der Waals surface area contributed by atoms with Crippen LogP contribution in [0.25, 0.3) is 0 Å². The van der Waals surface area contributed by atoms with Crippen molar-refractivity contribution in [3.63, 3.8) is 0 Å². The predicted molar refractivity (Wildman–Crippen MR) is 47.3 cm³/mol. The Bertz CT molecular complexity index is 173. The molecule has 54 valence electrons. The van der Waals surface area contributed by atoms with Gasteiger partial charge in [0.1, 0.15) is 0 Å². The lowest BCUT2D eigenvalue weighted by Crippen LogP contribution is -1.69. The first-order chi connectivity index (χ1) is 4.85. The molecule has 1 heteroatoms. The molecule has 0 atom stereocenters. The number of allylic oxidation sites excluding steroid dienone is 4. The van der Waals surface area contributed by atoms with Crippen molar-refractivity contribution in [2.45, 2.75) is 13.8 Å². The molecule has 0 bridgehead atoms. The summed E-state index contributed by atoms with van der Waals surface area (Å²) >= 11 is 0. The molecule has 1 nitrogen and oxygen atoms in total. The van der Waals surface area contributed by atoms with Crippen LogP contribution in [0.15, 0.2) is 41.6 Å². The predicted octanol–water partition coefficient (Wildman–Crippen LogP) is 2.72. The molecule has 0 saturated carbocycles. The fourth-order valence-electron chi connectivity index (χ4n) is 0.529. The Labute approximate surface area is 62.5 Å². The Morgan fingerprint density at radius 2 is 2.10 bits per heavy atom. The maximum absolute atomic E-state index is 4.08. The second-order valence-corrected chi connectivity index (χ2v) is 1.70. The van der Waals surface area contributed by atoms with Crippen LogP contribution in [0.4, 0.5) is 0 Å². The summed E-state index contributed by atoms with van der Waals surface area (Å²) in [6, 6.07) is 0. The van der Waals surface area contributed by atoms with E-state index in [4.69, 9.17) is 0 Å². The van der Waals surface area contributed by atoms with Crippen molar-refractivity contribution in [3.8, 4) is 0 Å². The lowest BCUT2D eigenvalue weighted by molar-refractivity contribution is 1.39. The van der Waals surface area contributed by atoms with Gasteiger partial charge in [-0.1, -0.05) is 24.8 Å². The minimum Gasteiger partial charge on any atom is -0.262 e. The molecule has 0 fully saturated rings. The lowest BCUT2D eigenvalue weighted by Gasteiger charge is -1.87. The van der Waals surface area contributed by atoms with E-state index in [1.54, 1.807) is 12.3 Å². The molecule has 0 saturated heterocycles. The highest BCUT2D eigenvalue weighted by Crippen LogP contribution is 1.96. The summed E-state index contributed by atoms with van der Waals surface area (Å²) < 4.78 is 0. The van der Waals surface area contributed by atoms with E-state index in [1.165, 1.54) is 0 Å². The number of rotatable bonds is 3. The minimum atomic E-state index is 0.961. The average molecular weight is 135 g/mol. The number of hydrogen-bond donors (Lipinski definition) is 0. The van der Waals surface area contributed by atoms with E-state index in [1.807, 2.05) is 32.1 Å². The van der Waals surface area contributed by atoms with E-state index in [2.05, 4.69) is 11.6 Å². The van der Waals surface area contributed by atoms with Gasteiger partial charge in [0.2, 0.25) is 0 Å². The average Bonchev–Trinajstić information content (AvgIpc) is 1.98. The molecule has 0 aliphatic heterocycles. The van der Waals surface area contributed by atoms with Crippen molar-refractivity contribution >= 4 is 6.21 Å². The second kappa shape index (κ2) is 6.02. The van der Waals surface area contributed by atoms with Gasteiger partial charge >= 0.3 is 0 Å². The van der Waals surface area contributed by atoms with Gasteiger partial charge in [-0.25, -0.2) is 0 Å². The fourth-order valence-corrected chi connectivity index (χ4v) is 0.529. The van der Waals surface area contributed by atoms with E-state index in [-0.39, 0.29) is 0 Å². The van der Waals surface area contributed by atoms with E-state index in [0.29, 0.717) is 0 Å². The zero-order chi connectivity index (χ0) is 7.82. The van der Waals surface area contributed by atoms with Crippen LogP contribution in [-0.2, 0) is 0 Å². The standard InChI is InChI=1S/C9H13N/c1-4-7-8-9(5-2)10-6-3/h4-8H,1H2,2-3H3/b8-7-,9-5+,10-6+. The van der Waals surface area contributed by atoms with Gasteiger partial charge < -0.3 is 0 Å². The molecule has 0 heterocycles. The van der Waals surface area contributed by atoms with Crippen molar-refractivity contribution in [1.29, 1.82) is 0 Å². The molecular weight excluding hydrogens is 122 g/mol. The summed E-state index contributed by atoms with van der Waals surface area (Å²) in [5, 5.41) is 0. The van der Waals surface area contributed by atoms with Crippen LogP contribution >= 0.6 is 0 Å². The maximum atomic E-state index is 4.08. The normalized spacial score (nSPS) is 13.2. The number of aliphatic imine (C=N–C) groups is 1. The first kappa shape index (κ1) is 8.89. The van der Waals surface area contributed by atoms with Gasteiger partial charge in [-0.2, -0.15) is 0 Å². The highest BCUT2D eigenvalue weighted by Gasteiger charge is 1.78. The molecular formula is C9H13N. The highest BCUT2D eigenvalue weighted by atomic mass is 14.7. The maximum Gasteiger partial charge on any atom is 0.0582 e. The molecule has 0 aromatic carbocycles. The van der Waals surface area contributed by atoms with Crippen molar-refractivity contribution in [1.82, 2.24) is 0 Å². The number of hydrogen-bond acceptors (Lipinski definition) is 1. The van der Waals surface area contributed by atoms with Crippen LogP contribution in [0.5, 0.6) is 0 Å². The summed E-state index contributed by atoms with van der Waals surface area (Å²) in [6.07, 6.45) is 9.22. The monoisotopic (exact) mass is 135 g/mol. The Hall–Kier alpha value is -1.11. The third kappa shape index (κ3) is 3.84. The van der Waals surface area contributed by atoms with Crippen molar-refractivity contribution in [2.75, 3.05) is 0 Å². The fraction of sp³-hybridized carbons (Fsp3) is 0.222. The van der Waals surface area contributed by atoms with Gasteiger partial charge in [0, 0.05) is 6.21 Å². The van der Waals surface area contributed by atoms with Crippen molar-refractivity contribution in [2.24, 2.45) is 4.99 Å². The van der Waals surface area contributed by atoms with Crippen molar-refractivity contribution < 1.29 is 0 Å². The third-order valence-electron chi connectivity index (χ3n) is 0.977. The van der Waals surface area contributed by atoms with Gasteiger partial charge in [-0.15, -0.1) is 0 Å². The molecule has 10 heavy (non-hydrogen) atoms. The summed E-state index contributed by atoms with van der Waals surface area (Å²) in [5.41, 5.74) is 0.961. The van der Waals surface area contributed by atoms with Gasteiger partial charge in [0.15, 0.2) is 0 Å². The summed E-state index contributed by atoms with van der Waals surface area (Å²) in [4.78, 5) is 4.08. The Balaban J connectivity index is 4.10. The third-order valence-corrected chi connectivity index (χ3v) is 0.977. The van der Waals surface area contributed by atoms with E-state index >= 15 is 0 Å². The molecule has 0 amide bonds. The second-order valence-electron chi connectivity index (χ2n) is 1.70. The van der Waals surface area contributed by atoms with Crippen LogP contribution in [0, 0.1) is 0 Å². The van der Waals surface area contributed by atoms with Crippen LogP contribution in [-0.4, -0.2) is 6.21 Å². The minimum absolute atomic E-state index is 0.961. The largest absolute Gasteiger partial charge is 0.262 e. The van der Waals surface area contributed by atoms with E-state index in [0.717, 1.165) is 5.70 Å². The van der Waals surface area contributed by atoms with Crippen molar-refractivity contribution in [3.05, 3.63) is 36.6 Å². The molecule has 0 radical (unpaired) electrons. The molecule has 0 aromatic rings. The zero-order valence-corrected chi connectivity index (χ0v) is 6.54. The Kier molecular flexibility index (Phi) is 5.35. The first-order valence-corrected chi connectivity index (χ1v) is 3.29. The summed E-state index contributed by atoms with van der Waals surface area (Å²) in [6.45, 7) is 7.41. The van der Waals surface area contributed by atoms with Crippen LogP contribution in [0.2, 0.25) is 0 Å². The van der Waals surface area contributed by atoms with Gasteiger partial charge in [0.25, 0.3) is 0 Å². The molecule has 0 aromatic heterocycles.